The van der Waals surface area contributed by atoms with E-state index in [2.05, 4.69) is 20.8 Å². The summed E-state index contributed by atoms with van der Waals surface area (Å²) >= 11 is 0. The predicted octanol–water partition coefficient (Wildman–Crippen LogP) is 4.23. The molecule has 0 bridgehead atoms. The van der Waals surface area contributed by atoms with Crippen LogP contribution in [0.5, 0.6) is 0 Å². The highest BCUT2D eigenvalue weighted by Gasteiger charge is 2.12. The lowest BCUT2D eigenvalue weighted by Crippen LogP contribution is -2.17. The largest absolute Gasteiger partial charge is 0.374 e. The van der Waals surface area contributed by atoms with Gasteiger partial charge in [-0.25, -0.2) is 0 Å². The molecule has 128 valence electrons. The van der Waals surface area contributed by atoms with E-state index in [9.17, 15) is 4.79 Å². The Morgan fingerprint density at radius 1 is 1.00 bits per heavy atom. The number of para-hydroxylation sites is 1. The minimum atomic E-state index is -0.186. The van der Waals surface area contributed by atoms with E-state index in [-0.39, 0.29) is 11.5 Å². The van der Waals surface area contributed by atoms with Gasteiger partial charge in [0.25, 0.3) is 0 Å². The van der Waals surface area contributed by atoms with Gasteiger partial charge in [-0.1, -0.05) is 36.4 Å². The Morgan fingerprint density at radius 3 is 2.16 bits per heavy atom. The Hall–Kier alpha value is -3.28. The van der Waals surface area contributed by atoms with Gasteiger partial charge < -0.3 is 4.90 Å². The summed E-state index contributed by atoms with van der Waals surface area (Å²) in [6.45, 7) is 1.46. The number of hydrogen-bond acceptors (Lipinski definition) is 6. The highest BCUT2D eigenvalue weighted by atomic mass is 16.1. The summed E-state index contributed by atoms with van der Waals surface area (Å²) in [6, 6.07) is 18.8. The number of anilines is 1. The van der Waals surface area contributed by atoms with Crippen molar-refractivity contribution < 1.29 is 4.79 Å². The Balaban J connectivity index is 2.27. The van der Waals surface area contributed by atoms with Gasteiger partial charge in [0.15, 0.2) is 11.5 Å². The van der Waals surface area contributed by atoms with Gasteiger partial charge in [-0.15, -0.1) is 5.11 Å². The lowest BCUT2D eigenvalue weighted by Gasteiger charge is -2.14. The molecule has 0 aliphatic heterocycles. The fourth-order valence-electron chi connectivity index (χ4n) is 1.97. The first-order chi connectivity index (χ1) is 12.1. The lowest BCUT2D eigenvalue weighted by molar-refractivity contribution is -0.113. The summed E-state index contributed by atoms with van der Waals surface area (Å²) in [7, 11) is 3.65. The van der Waals surface area contributed by atoms with Gasteiger partial charge in [-0.2, -0.15) is 10.2 Å². The molecule has 0 aliphatic carbocycles. The number of benzene rings is 2. The first-order valence-electron chi connectivity index (χ1n) is 7.81. The molecule has 6 heteroatoms. The summed E-state index contributed by atoms with van der Waals surface area (Å²) in [5.41, 5.74) is 5.26. The Bertz CT molecular complexity index is 780. The first kappa shape index (κ1) is 18.1. The maximum absolute atomic E-state index is 12.0. The number of carbonyl (C=O) groups excluding carboxylic acids is 1. The van der Waals surface area contributed by atoms with Crippen LogP contribution in [0.2, 0.25) is 0 Å². The maximum Gasteiger partial charge on any atom is 0.182 e. The second kappa shape index (κ2) is 9.12. The molecule has 0 unspecified atom stereocenters. The van der Waals surface area contributed by atoms with Crippen molar-refractivity contribution in [2.45, 2.75) is 6.92 Å². The molecule has 0 heterocycles. The minimum Gasteiger partial charge on any atom is -0.374 e. The average molecular weight is 335 g/mol. The van der Waals surface area contributed by atoms with Crippen molar-refractivity contribution in [3.63, 3.8) is 0 Å². The van der Waals surface area contributed by atoms with E-state index in [0.717, 1.165) is 5.69 Å². The van der Waals surface area contributed by atoms with Crippen molar-refractivity contribution in [3.05, 3.63) is 72.1 Å². The van der Waals surface area contributed by atoms with Gasteiger partial charge in [0.1, 0.15) is 0 Å². The number of azo groups is 1. The van der Waals surface area contributed by atoms with Gasteiger partial charge >= 0.3 is 0 Å². The zero-order valence-electron chi connectivity index (χ0n) is 14.5. The van der Waals surface area contributed by atoms with Crippen LogP contribution in [0.1, 0.15) is 6.92 Å². The number of allylic oxidation sites excluding steroid dienone is 2. The molecule has 0 atom stereocenters. The van der Waals surface area contributed by atoms with E-state index in [1.807, 2.05) is 74.8 Å². The molecule has 0 aromatic heterocycles. The average Bonchev–Trinajstić information content (AvgIpc) is 2.61. The summed E-state index contributed by atoms with van der Waals surface area (Å²) in [5.74, 6) is -0.186. The van der Waals surface area contributed by atoms with E-state index in [1.54, 1.807) is 11.1 Å². The van der Waals surface area contributed by atoms with Crippen LogP contribution < -0.4 is 5.43 Å². The van der Waals surface area contributed by atoms with Crippen LogP contribution >= 0.6 is 0 Å². The minimum absolute atomic E-state index is 0.186. The molecule has 0 spiro atoms. The fraction of sp³-hybridized carbons (Fsp3) is 0.158. The lowest BCUT2D eigenvalue weighted by atomic mass is 10.2. The van der Waals surface area contributed by atoms with Crippen LogP contribution in [-0.4, -0.2) is 31.0 Å². The second-order valence-electron chi connectivity index (χ2n) is 5.46. The molecule has 0 radical (unpaired) electrons. The van der Waals surface area contributed by atoms with Crippen LogP contribution in [-0.2, 0) is 4.79 Å². The number of ketones is 1. The second-order valence-corrected chi connectivity index (χ2v) is 5.46. The quantitative estimate of drug-likeness (QED) is 0.356. The van der Waals surface area contributed by atoms with Crippen molar-refractivity contribution in [3.8, 4) is 0 Å². The van der Waals surface area contributed by atoms with Crippen LogP contribution in [0.4, 0.5) is 11.4 Å². The van der Waals surface area contributed by atoms with Crippen LogP contribution in [0.3, 0.4) is 0 Å². The Morgan fingerprint density at radius 2 is 1.60 bits per heavy atom. The topological polar surface area (TPSA) is 69.4 Å². The van der Waals surface area contributed by atoms with E-state index in [0.29, 0.717) is 11.4 Å². The molecule has 1 N–H and O–H groups in total. The van der Waals surface area contributed by atoms with Crippen LogP contribution in [0, 0.1) is 0 Å². The van der Waals surface area contributed by atoms with E-state index in [1.165, 1.54) is 6.92 Å². The monoisotopic (exact) mass is 335 g/mol. The van der Waals surface area contributed by atoms with Crippen molar-refractivity contribution in [1.29, 1.82) is 0 Å². The van der Waals surface area contributed by atoms with Crippen molar-refractivity contribution in [2.75, 3.05) is 19.5 Å². The van der Waals surface area contributed by atoms with E-state index < -0.39 is 0 Å². The van der Waals surface area contributed by atoms with Gasteiger partial charge in [0.2, 0.25) is 0 Å². The SMILES string of the molecule is CC(=O)/C(N=Nc1ccccc1)=C(\C=N\Nc1ccccc1)N(C)C. The predicted molar refractivity (Wildman–Crippen MR) is 101 cm³/mol. The van der Waals surface area contributed by atoms with Crippen LogP contribution in [0.15, 0.2) is 87.4 Å². The number of carbonyl (C=O) groups is 1. The molecule has 0 saturated heterocycles. The first-order valence-corrected chi connectivity index (χ1v) is 7.81. The van der Waals surface area contributed by atoms with E-state index >= 15 is 0 Å². The molecular weight excluding hydrogens is 314 g/mol. The normalized spacial score (nSPS) is 12.3. The number of hydrogen-bond donors (Lipinski definition) is 1. The fourth-order valence-corrected chi connectivity index (χ4v) is 1.97. The summed E-state index contributed by atoms with van der Waals surface area (Å²) in [4.78, 5) is 13.8. The standard InChI is InChI=1S/C19H21N5O/c1-15(25)19(23-22-17-12-8-5-9-13-17)18(24(2)3)14-20-21-16-10-6-4-7-11-16/h4-14,21H,1-3H3/b19-18-,20-14+,23-22?. The van der Waals surface area contributed by atoms with Gasteiger partial charge in [-0.05, 0) is 24.3 Å². The highest BCUT2D eigenvalue weighted by Crippen LogP contribution is 2.16. The third-order valence-corrected chi connectivity index (χ3v) is 3.23. The van der Waals surface area contributed by atoms with Gasteiger partial charge in [0, 0.05) is 21.0 Å². The molecule has 25 heavy (non-hydrogen) atoms. The molecule has 2 aromatic carbocycles. The molecular formula is C19H21N5O. The molecule has 2 aromatic rings. The van der Waals surface area contributed by atoms with Crippen molar-refractivity contribution in [1.82, 2.24) is 4.90 Å². The molecule has 0 saturated carbocycles. The van der Waals surface area contributed by atoms with Crippen molar-refractivity contribution in [2.24, 2.45) is 15.3 Å². The molecule has 0 amide bonds. The number of nitrogens with zero attached hydrogens (tertiary/aromatic N) is 4. The maximum atomic E-state index is 12.0. The molecule has 6 nitrogen and oxygen atoms in total. The van der Waals surface area contributed by atoms with Crippen molar-refractivity contribution >= 4 is 23.4 Å². The smallest absolute Gasteiger partial charge is 0.182 e. The van der Waals surface area contributed by atoms with E-state index in [4.69, 9.17) is 0 Å². The zero-order chi connectivity index (χ0) is 18.1. The Labute approximate surface area is 147 Å². The number of nitrogens with one attached hydrogen (secondary N) is 1. The summed E-state index contributed by atoms with van der Waals surface area (Å²) < 4.78 is 0. The molecule has 0 fully saturated rings. The number of hydrazone groups is 1. The molecule has 2 rings (SSSR count). The third kappa shape index (κ3) is 5.69. The summed E-state index contributed by atoms with van der Waals surface area (Å²) in [5, 5.41) is 12.5. The summed E-state index contributed by atoms with van der Waals surface area (Å²) in [6.07, 6.45) is 1.56. The zero-order valence-corrected chi connectivity index (χ0v) is 14.5. The number of Topliss-reactive ketones (excluding diaryl/α,β-unsaturated/α-hetero) is 1. The molecule has 0 aliphatic rings. The van der Waals surface area contributed by atoms with Gasteiger partial charge in [0.05, 0.1) is 23.3 Å². The van der Waals surface area contributed by atoms with Crippen LogP contribution in [0.25, 0.3) is 0 Å². The van der Waals surface area contributed by atoms with Gasteiger partial charge in [-0.3, -0.25) is 10.2 Å². The Kier molecular flexibility index (Phi) is 6.59. The number of rotatable bonds is 7. The third-order valence-electron chi connectivity index (χ3n) is 3.23. The highest BCUT2D eigenvalue weighted by molar-refractivity contribution is 5.99.